The normalized spacial score (nSPS) is 15.8. The molecule has 100 valence electrons. The van der Waals surface area contributed by atoms with Crippen LogP contribution in [0.1, 0.15) is 24.1 Å². The van der Waals surface area contributed by atoms with E-state index in [0.717, 1.165) is 23.3 Å². The van der Waals surface area contributed by atoms with Crippen LogP contribution < -0.4 is 4.90 Å². The second kappa shape index (κ2) is 5.63. The van der Waals surface area contributed by atoms with Crippen molar-refractivity contribution in [3.8, 4) is 11.3 Å². The number of anilines is 1. The smallest absolute Gasteiger partial charge is 0.186 e. The molecule has 0 unspecified atom stereocenters. The summed E-state index contributed by atoms with van der Waals surface area (Å²) >= 11 is 5.44. The van der Waals surface area contributed by atoms with Gasteiger partial charge in [-0.15, -0.1) is 11.3 Å². The van der Waals surface area contributed by atoms with E-state index in [9.17, 15) is 0 Å². The molecule has 4 heteroatoms. The minimum atomic E-state index is 1.12. The van der Waals surface area contributed by atoms with Crippen molar-refractivity contribution in [3.05, 3.63) is 33.6 Å². The summed E-state index contributed by atoms with van der Waals surface area (Å²) in [7, 11) is 0. The van der Waals surface area contributed by atoms with E-state index in [1.54, 1.807) is 0 Å². The average molecular weight is 337 g/mol. The Bertz CT molecular complexity index is 573. The highest BCUT2D eigenvalue weighted by Crippen LogP contribution is 2.36. The lowest BCUT2D eigenvalue weighted by Crippen LogP contribution is -2.29. The summed E-state index contributed by atoms with van der Waals surface area (Å²) < 4.78 is 1.12. The van der Waals surface area contributed by atoms with Crippen molar-refractivity contribution in [2.45, 2.75) is 26.2 Å². The highest BCUT2D eigenvalue weighted by atomic mass is 79.9. The van der Waals surface area contributed by atoms with E-state index in [1.807, 2.05) is 17.4 Å². The molecule has 0 N–H and O–H groups in total. The predicted octanol–water partition coefficient (Wildman–Crippen LogP) is 4.87. The number of aromatic nitrogens is 1. The number of piperidine rings is 1. The van der Waals surface area contributed by atoms with E-state index in [0.29, 0.717) is 0 Å². The van der Waals surface area contributed by atoms with Gasteiger partial charge < -0.3 is 4.90 Å². The molecule has 19 heavy (non-hydrogen) atoms. The summed E-state index contributed by atoms with van der Waals surface area (Å²) in [5.41, 5.74) is 2.32. The van der Waals surface area contributed by atoms with Crippen LogP contribution in [-0.4, -0.2) is 18.1 Å². The largest absolute Gasteiger partial charge is 0.348 e. The molecule has 0 aliphatic carbocycles. The molecule has 1 aromatic carbocycles. The monoisotopic (exact) mass is 336 g/mol. The Morgan fingerprint density at radius 3 is 2.63 bits per heavy atom. The number of aryl methyl sites for hydroxylation is 1. The van der Waals surface area contributed by atoms with Gasteiger partial charge in [-0.2, -0.15) is 0 Å². The first-order valence-electron chi connectivity index (χ1n) is 6.73. The SMILES string of the molecule is Cc1sc(N2CCCCC2)nc1-c1ccccc1Br. The van der Waals surface area contributed by atoms with E-state index in [2.05, 4.69) is 46.0 Å². The Hall–Kier alpha value is -0.870. The lowest BCUT2D eigenvalue weighted by Gasteiger charge is -2.25. The van der Waals surface area contributed by atoms with Crippen LogP contribution in [0.4, 0.5) is 5.13 Å². The van der Waals surface area contributed by atoms with Crippen LogP contribution in [0.15, 0.2) is 28.7 Å². The van der Waals surface area contributed by atoms with Gasteiger partial charge in [0.05, 0.1) is 5.69 Å². The number of hydrogen-bond donors (Lipinski definition) is 0. The zero-order chi connectivity index (χ0) is 13.2. The van der Waals surface area contributed by atoms with Crippen molar-refractivity contribution in [2.75, 3.05) is 18.0 Å². The minimum absolute atomic E-state index is 1.12. The van der Waals surface area contributed by atoms with Crippen LogP contribution in [-0.2, 0) is 0 Å². The van der Waals surface area contributed by atoms with Gasteiger partial charge >= 0.3 is 0 Å². The second-order valence-electron chi connectivity index (χ2n) is 4.93. The Morgan fingerprint density at radius 2 is 1.89 bits per heavy atom. The number of benzene rings is 1. The molecule has 0 radical (unpaired) electrons. The Balaban J connectivity index is 1.95. The molecular weight excluding hydrogens is 320 g/mol. The summed E-state index contributed by atoms with van der Waals surface area (Å²) in [6.07, 6.45) is 3.95. The third-order valence-electron chi connectivity index (χ3n) is 3.54. The van der Waals surface area contributed by atoms with Gasteiger partial charge in [0.1, 0.15) is 0 Å². The standard InChI is InChI=1S/C15H17BrN2S/c1-11-14(12-7-3-4-8-13(12)16)17-15(19-11)18-9-5-2-6-10-18/h3-4,7-8H,2,5-6,9-10H2,1H3. The van der Waals surface area contributed by atoms with E-state index in [-0.39, 0.29) is 0 Å². The molecule has 2 aromatic rings. The molecule has 0 amide bonds. The molecule has 1 fully saturated rings. The molecule has 1 saturated heterocycles. The third kappa shape index (κ3) is 2.70. The Morgan fingerprint density at radius 1 is 1.16 bits per heavy atom. The van der Waals surface area contributed by atoms with Crippen LogP contribution in [0, 0.1) is 6.92 Å². The number of rotatable bonds is 2. The van der Waals surface area contributed by atoms with E-state index in [1.165, 1.54) is 34.8 Å². The molecule has 2 nitrogen and oxygen atoms in total. The molecule has 0 atom stereocenters. The van der Waals surface area contributed by atoms with E-state index >= 15 is 0 Å². The molecule has 0 spiro atoms. The summed E-state index contributed by atoms with van der Waals surface area (Å²) in [4.78, 5) is 8.61. The molecule has 2 heterocycles. The fourth-order valence-corrected chi connectivity index (χ4v) is 3.95. The summed E-state index contributed by atoms with van der Waals surface area (Å²) in [6, 6.07) is 8.32. The van der Waals surface area contributed by atoms with Gasteiger partial charge in [-0.1, -0.05) is 34.1 Å². The fourth-order valence-electron chi connectivity index (χ4n) is 2.51. The highest BCUT2D eigenvalue weighted by Gasteiger charge is 2.18. The molecule has 3 rings (SSSR count). The van der Waals surface area contributed by atoms with Crippen LogP contribution in [0.5, 0.6) is 0 Å². The highest BCUT2D eigenvalue weighted by molar-refractivity contribution is 9.10. The zero-order valence-electron chi connectivity index (χ0n) is 11.0. The lowest BCUT2D eigenvalue weighted by atomic mass is 10.1. The second-order valence-corrected chi connectivity index (χ2v) is 6.96. The van der Waals surface area contributed by atoms with Gasteiger partial charge in [0.2, 0.25) is 0 Å². The van der Waals surface area contributed by atoms with Gasteiger partial charge in [-0.3, -0.25) is 0 Å². The van der Waals surface area contributed by atoms with Crippen LogP contribution in [0.2, 0.25) is 0 Å². The molecule has 1 aromatic heterocycles. The quantitative estimate of drug-likeness (QED) is 0.777. The molecule has 0 bridgehead atoms. The van der Waals surface area contributed by atoms with E-state index < -0.39 is 0 Å². The molecular formula is C15H17BrN2S. The van der Waals surface area contributed by atoms with Crippen LogP contribution in [0.3, 0.4) is 0 Å². The van der Waals surface area contributed by atoms with E-state index in [4.69, 9.17) is 4.98 Å². The number of halogens is 1. The summed E-state index contributed by atoms with van der Waals surface area (Å²) in [5.74, 6) is 0. The van der Waals surface area contributed by atoms with Crippen molar-refractivity contribution in [1.29, 1.82) is 0 Å². The first-order chi connectivity index (χ1) is 9.25. The predicted molar refractivity (Wildman–Crippen MR) is 86.1 cm³/mol. The Labute approximate surface area is 126 Å². The fraction of sp³-hybridized carbons (Fsp3) is 0.400. The molecule has 1 aliphatic rings. The molecule has 1 aliphatic heterocycles. The Kier molecular flexibility index (Phi) is 3.89. The van der Waals surface area contributed by atoms with Gasteiger partial charge in [-0.25, -0.2) is 4.98 Å². The maximum atomic E-state index is 4.88. The van der Waals surface area contributed by atoms with Crippen LogP contribution in [0.25, 0.3) is 11.3 Å². The zero-order valence-corrected chi connectivity index (χ0v) is 13.4. The maximum absolute atomic E-state index is 4.88. The molecule has 0 saturated carbocycles. The van der Waals surface area contributed by atoms with Gasteiger partial charge in [-0.05, 0) is 32.3 Å². The minimum Gasteiger partial charge on any atom is -0.348 e. The van der Waals surface area contributed by atoms with Crippen LogP contribution >= 0.6 is 27.3 Å². The van der Waals surface area contributed by atoms with Crippen molar-refractivity contribution >= 4 is 32.4 Å². The van der Waals surface area contributed by atoms with Crippen molar-refractivity contribution in [1.82, 2.24) is 4.98 Å². The summed E-state index contributed by atoms with van der Waals surface area (Å²) in [5, 5.41) is 1.18. The maximum Gasteiger partial charge on any atom is 0.186 e. The van der Waals surface area contributed by atoms with Crippen molar-refractivity contribution in [2.24, 2.45) is 0 Å². The lowest BCUT2D eigenvalue weighted by molar-refractivity contribution is 0.577. The first-order valence-corrected chi connectivity index (χ1v) is 8.34. The third-order valence-corrected chi connectivity index (χ3v) is 5.26. The van der Waals surface area contributed by atoms with Gasteiger partial charge in [0, 0.05) is 28.0 Å². The van der Waals surface area contributed by atoms with Gasteiger partial charge in [0.25, 0.3) is 0 Å². The number of hydrogen-bond acceptors (Lipinski definition) is 3. The number of nitrogens with zero attached hydrogens (tertiary/aromatic N) is 2. The first kappa shape index (κ1) is 13.1. The summed E-state index contributed by atoms with van der Waals surface area (Å²) in [6.45, 7) is 4.48. The van der Waals surface area contributed by atoms with Gasteiger partial charge in [0.15, 0.2) is 5.13 Å². The van der Waals surface area contributed by atoms with Crippen molar-refractivity contribution in [3.63, 3.8) is 0 Å². The number of thiazole rings is 1. The average Bonchev–Trinajstić information content (AvgIpc) is 2.82. The van der Waals surface area contributed by atoms with Crippen molar-refractivity contribution < 1.29 is 0 Å². The topological polar surface area (TPSA) is 16.1 Å².